The number of halogens is 1. The van der Waals surface area contributed by atoms with Crippen LogP contribution in [-0.4, -0.2) is 10.9 Å². The van der Waals surface area contributed by atoms with Crippen LogP contribution in [0.3, 0.4) is 0 Å². The van der Waals surface area contributed by atoms with Gasteiger partial charge in [0.1, 0.15) is 0 Å². The average molecular weight is 278 g/mol. The van der Waals surface area contributed by atoms with E-state index in [1.807, 2.05) is 23.6 Å². The Morgan fingerprint density at radius 2 is 2.22 bits per heavy atom. The van der Waals surface area contributed by atoms with Crippen LogP contribution in [0.5, 0.6) is 0 Å². The summed E-state index contributed by atoms with van der Waals surface area (Å²) in [6, 6.07) is 10.0. The third-order valence-corrected chi connectivity index (χ3v) is 4.82. The summed E-state index contributed by atoms with van der Waals surface area (Å²) in [4.78, 5) is 1.08. The summed E-state index contributed by atoms with van der Waals surface area (Å²) in [5.74, 6) is 0. The van der Waals surface area contributed by atoms with Gasteiger partial charge in [0.2, 0.25) is 0 Å². The average Bonchev–Trinajstić information content (AvgIpc) is 2.93. The lowest BCUT2D eigenvalue weighted by molar-refractivity contribution is 0.317. The molecule has 0 saturated heterocycles. The van der Waals surface area contributed by atoms with Gasteiger partial charge in [-0.15, -0.1) is 11.3 Å². The summed E-state index contributed by atoms with van der Waals surface area (Å²) in [5.41, 5.74) is 3.00. The third-order valence-electron chi connectivity index (χ3n) is 3.63. The fourth-order valence-corrected chi connectivity index (χ4v) is 3.85. The van der Waals surface area contributed by atoms with Crippen molar-refractivity contribution in [1.82, 2.24) is 0 Å². The van der Waals surface area contributed by atoms with Gasteiger partial charge in [0.05, 0.1) is 10.6 Å². The summed E-state index contributed by atoms with van der Waals surface area (Å²) in [5, 5.41) is 15.3. The Labute approximate surface area is 115 Å². The molecule has 1 aliphatic carbocycles. The topological polar surface area (TPSA) is 32.6 Å². The Morgan fingerprint density at radius 1 is 1.39 bits per heavy atom. The van der Waals surface area contributed by atoms with Crippen LogP contribution >= 0.6 is 22.9 Å². The minimum absolute atomic E-state index is 0.151. The van der Waals surface area contributed by atoms with Crippen LogP contribution in [0.25, 0.3) is 0 Å². The van der Waals surface area contributed by atoms with Crippen LogP contribution in [0.15, 0.2) is 40.9 Å². The molecule has 0 spiro atoms. The van der Waals surface area contributed by atoms with Crippen molar-refractivity contribution in [3.8, 4) is 0 Å². The summed E-state index contributed by atoms with van der Waals surface area (Å²) in [7, 11) is 0. The van der Waals surface area contributed by atoms with Gasteiger partial charge in [0.25, 0.3) is 0 Å². The van der Waals surface area contributed by atoms with E-state index < -0.39 is 0 Å². The molecule has 0 radical (unpaired) electrons. The van der Waals surface area contributed by atoms with Gasteiger partial charge >= 0.3 is 0 Å². The first-order valence-corrected chi connectivity index (χ1v) is 6.96. The second-order valence-corrected chi connectivity index (χ2v) is 6.08. The number of benzene rings is 1. The molecular weight excluding hydrogens is 266 g/mol. The van der Waals surface area contributed by atoms with Crippen LogP contribution in [0, 0.1) is 0 Å². The lowest BCUT2D eigenvalue weighted by Crippen LogP contribution is -2.20. The minimum atomic E-state index is -0.151. The molecule has 18 heavy (non-hydrogen) atoms. The van der Waals surface area contributed by atoms with E-state index in [0.717, 1.165) is 21.2 Å². The molecular formula is C14H12ClNOS. The molecule has 0 aliphatic heterocycles. The van der Waals surface area contributed by atoms with Crippen molar-refractivity contribution in [3.63, 3.8) is 0 Å². The summed E-state index contributed by atoms with van der Waals surface area (Å²) in [6.07, 6.45) is 0.714. The molecule has 2 nitrogen and oxygen atoms in total. The number of fused-ring (bicyclic) bond motifs is 1. The van der Waals surface area contributed by atoms with Crippen molar-refractivity contribution >= 4 is 28.6 Å². The van der Waals surface area contributed by atoms with Crippen molar-refractivity contribution in [1.29, 1.82) is 0 Å². The van der Waals surface area contributed by atoms with Crippen molar-refractivity contribution < 1.29 is 5.21 Å². The first-order chi connectivity index (χ1) is 8.65. The maximum atomic E-state index is 9.13. The van der Waals surface area contributed by atoms with Crippen LogP contribution < -0.4 is 0 Å². The Morgan fingerprint density at radius 3 is 2.94 bits per heavy atom. The predicted octanol–water partition coefficient (Wildman–Crippen LogP) is 4.29. The number of thiophene rings is 1. The number of hydrogen-bond donors (Lipinski definition) is 1. The van der Waals surface area contributed by atoms with E-state index in [9.17, 15) is 0 Å². The molecule has 1 atom stereocenters. The zero-order chi connectivity index (χ0) is 12.8. The third kappa shape index (κ3) is 1.58. The molecule has 0 bridgehead atoms. The standard InChI is InChI=1S/C14H12ClNOS/c1-14(9-3-2-4-10(15)7-9)8-12(16-17)13-11(14)5-6-18-13/h2-7,17H,8H2,1H3. The first kappa shape index (κ1) is 11.8. The molecule has 1 heterocycles. The van der Waals surface area contributed by atoms with Gasteiger partial charge in [0, 0.05) is 16.9 Å². The fourth-order valence-electron chi connectivity index (χ4n) is 2.65. The predicted molar refractivity (Wildman–Crippen MR) is 75.2 cm³/mol. The lowest BCUT2D eigenvalue weighted by Gasteiger charge is -2.25. The van der Waals surface area contributed by atoms with Gasteiger partial charge in [-0.1, -0.05) is 35.8 Å². The largest absolute Gasteiger partial charge is 0.411 e. The van der Waals surface area contributed by atoms with Crippen molar-refractivity contribution in [2.24, 2.45) is 5.16 Å². The molecule has 3 rings (SSSR count). The van der Waals surface area contributed by atoms with E-state index in [2.05, 4.69) is 24.2 Å². The lowest BCUT2D eigenvalue weighted by atomic mass is 9.78. The fraction of sp³-hybridized carbons (Fsp3) is 0.214. The molecule has 0 saturated carbocycles. The highest BCUT2D eigenvalue weighted by Crippen LogP contribution is 2.46. The van der Waals surface area contributed by atoms with E-state index in [-0.39, 0.29) is 5.41 Å². The zero-order valence-corrected chi connectivity index (χ0v) is 11.4. The van der Waals surface area contributed by atoms with Crippen molar-refractivity contribution in [2.45, 2.75) is 18.8 Å². The molecule has 0 fully saturated rings. The molecule has 1 aromatic carbocycles. The van der Waals surface area contributed by atoms with Crippen LogP contribution in [-0.2, 0) is 5.41 Å². The number of oxime groups is 1. The molecule has 4 heteroatoms. The van der Waals surface area contributed by atoms with E-state index in [4.69, 9.17) is 16.8 Å². The number of rotatable bonds is 1. The van der Waals surface area contributed by atoms with Gasteiger partial charge < -0.3 is 5.21 Å². The van der Waals surface area contributed by atoms with Gasteiger partial charge in [-0.05, 0) is 34.7 Å². The van der Waals surface area contributed by atoms with E-state index >= 15 is 0 Å². The molecule has 1 aliphatic rings. The van der Waals surface area contributed by atoms with Crippen molar-refractivity contribution in [2.75, 3.05) is 0 Å². The van der Waals surface area contributed by atoms with E-state index in [0.29, 0.717) is 6.42 Å². The van der Waals surface area contributed by atoms with E-state index in [1.54, 1.807) is 11.3 Å². The molecule has 1 N–H and O–H groups in total. The normalized spacial score (nSPS) is 24.4. The molecule has 1 aromatic heterocycles. The van der Waals surface area contributed by atoms with Gasteiger partial charge in [0.15, 0.2) is 0 Å². The Hall–Kier alpha value is -1.32. The highest BCUT2D eigenvalue weighted by atomic mass is 35.5. The van der Waals surface area contributed by atoms with Crippen LogP contribution in [0.4, 0.5) is 0 Å². The molecule has 1 unspecified atom stereocenters. The summed E-state index contributed by atoms with van der Waals surface area (Å²) >= 11 is 7.70. The van der Waals surface area contributed by atoms with Crippen LogP contribution in [0.2, 0.25) is 5.02 Å². The Balaban J connectivity index is 2.19. The van der Waals surface area contributed by atoms with Gasteiger partial charge in [-0.3, -0.25) is 0 Å². The van der Waals surface area contributed by atoms with Gasteiger partial charge in [-0.25, -0.2) is 0 Å². The maximum Gasteiger partial charge on any atom is 0.0982 e. The Bertz CT molecular complexity index is 634. The zero-order valence-electron chi connectivity index (χ0n) is 9.85. The van der Waals surface area contributed by atoms with Crippen LogP contribution in [0.1, 0.15) is 29.3 Å². The highest BCUT2D eigenvalue weighted by molar-refractivity contribution is 7.12. The highest BCUT2D eigenvalue weighted by Gasteiger charge is 2.41. The SMILES string of the molecule is CC1(c2cccc(Cl)c2)CC(=NO)c2sccc21. The van der Waals surface area contributed by atoms with Gasteiger partial charge in [-0.2, -0.15) is 0 Å². The summed E-state index contributed by atoms with van der Waals surface area (Å²) < 4.78 is 0. The maximum absolute atomic E-state index is 9.13. The molecule has 0 amide bonds. The minimum Gasteiger partial charge on any atom is -0.411 e. The second-order valence-electron chi connectivity index (χ2n) is 4.73. The van der Waals surface area contributed by atoms with E-state index in [1.165, 1.54) is 5.56 Å². The second kappa shape index (κ2) is 4.11. The first-order valence-electron chi connectivity index (χ1n) is 5.70. The number of nitrogens with zero attached hydrogens (tertiary/aromatic N) is 1. The molecule has 92 valence electrons. The summed E-state index contributed by atoms with van der Waals surface area (Å²) in [6.45, 7) is 2.17. The van der Waals surface area contributed by atoms with Crippen molar-refractivity contribution in [3.05, 3.63) is 56.7 Å². The smallest absolute Gasteiger partial charge is 0.0982 e. The molecule has 2 aromatic rings. The Kier molecular flexibility index (Phi) is 2.68. The monoisotopic (exact) mass is 277 g/mol. The number of hydrogen-bond acceptors (Lipinski definition) is 3. The quantitative estimate of drug-likeness (QED) is 0.612.